The van der Waals surface area contributed by atoms with Crippen molar-refractivity contribution in [1.82, 2.24) is 0 Å². The average molecular weight is 685 g/mol. The predicted molar refractivity (Wildman–Crippen MR) is 225 cm³/mol. The highest BCUT2D eigenvalue weighted by atomic mass is 15.2. The summed E-state index contributed by atoms with van der Waals surface area (Å²) in [6.07, 6.45) is 6.94. The summed E-state index contributed by atoms with van der Waals surface area (Å²) in [5.41, 5.74) is 18.3. The van der Waals surface area contributed by atoms with Gasteiger partial charge in [0.2, 0.25) is 0 Å². The molecule has 258 valence electrons. The summed E-state index contributed by atoms with van der Waals surface area (Å²) in [4.78, 5) is 4.99. The van der Waals surface area contributed by atoms with Gasteiger partial charge in [0.25, 0.3) is 0 Å². The molecule has 2 heteroatoms. The Bertz CT molecular complexity index is 2570. The first-order valence-electron chi connectivity index (χ1n) is 19.1. The molecule has 0 saturated heterocycles. The highest BCUT2D eigenvalue weighted by molar-refractivity contribution is 6.04. The fourth-order valence-corrected chi connectivity index (χ4v) is 9.59. The molecule has 7 aromatic rings. The number of hydrogen-bond acceptors (Lipinski definition) is 2. The van der Waals surface area contributed by atoms with Crippen LogP contribution in [-0.2, 0) is 17.3 Å². The minimum Gasteiger partial charge on any atom is -0.341 e. The summed E-state index contributed by atoms with van der Waals surface area (Å²) >= 11 is 0. The molecule has 0 spiro atoms. The van der Waals surface area contributed by atoms with Crippen LogP contribution in [0.5, 0.6) is 0 Å². The lowest BCUT2D eigenvalue weighted by Gasteiger charge is -2.42. The maximum atomic E-state index is 2.52. The van der Waals surface area contributed by atoms with Gasteiger partial charge >= 0.3 is 0 Å². The van der Waals surface area contributed by atoms with Crippen molar-refractivity contribution in [2.24, 2.45) is 0 Å². The van der Waals surface area contributed by atoms with Gasteiger partial charge in [0, 0.05) is 34.1 Å². The van der Waals surface area contributed by atoms with Crippen molar-refractivity contribution in [3.63, 3.8) is 0 Å². The topological polar surface area (TPSA) is 6.48 Å². The van der Waals surface area contributed by atoms with Crippen LogP contribution in [0.1, 0.15) is 73.1 Å². The van der Waals surface area contributed by atoms with Crippen LogP contribution in [0.2, 0.25) is 0 Å². The zero-order valence-electron chi connectivity index (χ0n) is 31.0. The Morgan fingerprint density at radius 2 is 1.09 bits per heavy atom. The van der Waals surface area contributed by atoms with Gasteiger partial charge < -0.3 is 9.80 Å². The van der Waals surface area contributed by atoms with E-state index in [-0.39, 0.29) is 10.8 Å². The molecule has 0 fully saturated rings. The molecular weight excluding hydrogens is 641 g/mol. The van der Waals surface area contributed by atoms with E-state index in [1.54, 1.807) is 0 Å². The van der Waals surface area contributed by atoms with Gasteiger partial charge in [0.15, 0.2) is 0 Å². The first-order valence-corrected chi connectivity index (χ1v) is 19.1. The van der Waals surface area contributed by atoms with E-state index in [0.29, 0.717) is 0 Å². The van der Waals surface area contributed by atoms with Crippen LogP contribution < -0.4 is 9.80 Å². The molecule has 0 saturated carbocycles. The zero-order chi connectivity index (χ0) is 35.9. The molecule has 1 aliphatic carbocycles. The van der Waals surface area contributed by atoms with Crippen LogP contribution in [0.25, 0.3) is 34.1 Å². The fourth-order valence-electron chi connectivity index (χ4n) is 9.59. The Balaban J connectivity index is 1.00. The van der Waals surface area contributed by atoms with Crippen molar-refractivity contribution in [3.05, 3.63) is 185 Å². The normalized spacial score (nSPS) is 16.2. The van der Waals surface area contributed by atoms with E-state index in [1.807, 2.05) is 0 Å². The van der Waals surface area contributed by atoms with Crippen molar-refractivity contribution in [3.8, 4) is 11.1 Å². The van der Waals surface area contributed by atoms with Crippen molar-refractivity contribution in [2.75, 3.05) is 16.3 Å². The van der Waals surface area contributed by atoms with E-state index in [2.05, 4.69) is 195 Å². The Hall–Kier alpha value is -5.86. The SMILES string of the molecule is CC1(C)c2cc(C=Cc3cccc4c(N5c6ccccc6C(C)(C)c6ccccc65)cccc34)ccc2-c2ccc(N3CCCc4ccccc43)cc21. The van der Waals surface area contributed by atoms with Gasteiger partial charge in [-0.2, -0.15) is 0 Å². The Morgan fingerprint density at radius 1 is 0.491 bits per heavy atom. The Morgan fingerprint density at radius 3 is 1.87 bits per heavy atom. The van der Waals surface area contributed by atoms with Crippen molar-refractivity contribution in [1.29, 1.82) is 0 Å². The molecule has 0 unspecified atom stereocenters. The molecule has 2 heterocycles. The number of anilines is 5. The minimum absolute atomic E-state index is 0.0875. The summed E-state index contributed by atoms with van der Waals surface area (Å²) < 4.78 is 0. The van der Waals surface area contributed by atoms with Gasteiger partial charge in [-0.25, -0.2) is 0 Å². The monoisotopic (exact) mass is 684 g/mol. The third-order valence-electron chi connectivity index (χ3n) is 12.4. The molecule has 0 aromatic heterocycles. The highest BCUT2D eigenvalue weighted by Gasteiger charge is 2.38. The summed E-state index contributed by atoms with van der Waals surface area (Å²) in [5, 5.41) is 2.50. The van der Waals surface area contributed by atoms with Crippen molar-refractivity contribution >= 4 is 51.4 Å². The molecule has 0 N–H and O–H groups in total. The van der Waals surface area contributed by atoms with Gasteiger partial charge in [-0.1, -0.05) is 149 Å². The van der Waals surface area contributed by atoms with Crippen molar-refractivity contribution in [2.45, 2.75) is 51.4 Å². The van der Waals surface area contributed by atoms with Crippen LogP contribution in [0.4, 0.5) is 28.4 Å². The summed E-state index contributed by atoms with van der Waals surface area (Å²) in [6, 6.07) is 54.4. The first-order chi connectivity index (χ1) is 25.8. The molecule has 0 bridgehead atoms. The largest absolute Gasteiger partial charge is 0.341 e. The van der Waals surface area contributed by atoms with E-state index in [0.717, 1.165) is 13.0 Å². The number of nitrogens with zero attached hydrogens (tertiary/aromatic N) is 2. The number of benzene rings is 7. The molecule has 0 amide bonds. The molecule has 2 aliphatic heterocycles. The van der Waals surface area contributed by atoms with E-state index in [1.165, 1.54) is 95.7 Å². The first kappa shape index (κ1) is 31.8. The van der Waals surface area contributed by atoms with E-state index < -0.39 is 0 Å². The quantitative estimate of drug-likeness (QED) is 0.170. The lowest BCUT2D eigenvalue weighted by molar-refractivity contribution is 0.632. The fraction of sp³-hybridized carbons (Fsp3) is 0.176. The minimum atomic E-state index is -0.0935. The summed E-state index contributed by atoms with van der Waals surface area (Å²) in [7, 11) is 0. The summed E-state index contributed by atoms with van der Waals surface area (Å²) in [6.45, 7) is 10.5. The second kappa shape index (κ2) is 11.8. The van der Waals surface area contributed by atoms with Gasteiger partial charge in [-0.15, -0.1) is 0 Å². The predicted octanol–water partition coefficient (Wildman–Crippen LogP) is 13.5. The van der Waals surface area contributed by atoms with Crippen LogP contribution in [0.3, 0.4) is 0 Å². The van der Waals surface area contributed by atoms with Gasteiger partial charge in [0.05, 0.1) is 17.1 Å². The third kappa shape index (κ3) is 4.85. The maximum Gasteiger partial charge on any atom is 0.0540 e. The zero-order valence-corrected chi connectivity index (χ0v) is 31.0. The average Bonchev–Trinajstić information content (AvgIpc) is 3.42. The van der Waals surface area contributed by atoms with Gasteiger partial charge in [-0.05, 0) is 105 Å². The molecule has 3 aliphatic rings. The second-order valence-corrected chi connectivity index (χ2v) is 16.1. The lowest BCUT2D eigenvalue weighted by atomic mass is 9.73. The van der Waals surface area contributed by atoms with E-state index >= 15 is 0 Å². The molecule has 7 aromatic carbocycles. The molecule has 0 atom stereocenters. The molecule has 0 radical (unpaired) electrons. The number of rotatable bonds is 4. The Labute approximate surface area is 313 Å². The van der Waals surface area contributed by atoms with Crippen LogP contribution >= 0.6 is 0 Å². The highest BCUT2D eigenvalue weighted by Crippen LogP contribution is 2.53. The van der Waals surface area contributed by atoms with Gasteiger partial charge in [-0.3, -0.25) is 0 Å². The van der Waals surface area contributed by atoms with E-state index in [9.17, 15) is 0 Å². The second-order valence-electron chi connectivity index (χ2n) is 16.1. The van der Waals surface area contributed by atoms with Crippen LogP contribution in [-0.4, -0.2) is 6.54 Å². The van der Waals surface area contributed by atoms with Crippen molar-refractivity contribution < 1.29 is 0 Å². The number of aryl methyl sites for hydroxylation is 1. The molecule has 53 heavy (non-hydrogen) atoms. The lowest BCUT2D eigenvalue weighted by Crippen LogP contribution is -2.30. The smallest absolute Gasteiger partial charge is 0.0540 e. The van der Waals surface area contributed by atoms with Crippen LogP contribution in [0.15, 0.2) is 146 Å². The number of para-hydroxylation sites is 3. The summed E-state index contributed by atoms with van der Waals surface area (Å²) in [5.74, 6) is 0. The molecular formula is C51H44N2. The standard InChI is InChI=1S/C51H44N2/c1-50(2)42-19-6-9-22-48(42)53(49-23-10-7-20-43(49)50)47-24-12-17-38-35(15-11-18-41(38)47)27-25-34-26-29-39-40-30-28-37(33-45(40)51(3,4)44(39)32-34)52-31-13-16-36-14-5-8-21-46(36)52/h5-12,14-15,17-30,32-33H,13,16,31H2,1-4H3. The molecule has 2 nitrogen and oxygen atoms in total. The van der Waals surface area contributed by atoms with Gasteiger partial charge in [0.1, 0.15) is 0 Å². The van der Waals surface area contributed by atoms with E-state index in [4.69, 9.17) is 0 Å². The molecule has 10 rings (SSSR count). The third-order valence-corrected chi connectivity index (χ3v) is 12.4. The Kier molecular flexibility index (Phi) is 7.11. The number of fused-ring (bicyclic) bond motifs is 7. The van der Waals surface area contributed by atoms with Crippen LogP contribution in [0, 0.1) is 0 Å². The maximum absolute atomic E-state index is 2.52. The number of hydrogen-bond donors (Lipinski definition) is 0.